The third-order valence-electron chi connectivity index (χ3n) is 4.05. The third-order valence-corrected chi connectivity index (χ3v) is 4.05. The molecule has 0 aromatic rings. The van der Waals surface area contributed by atoms with Crippen LogP contribution in [-0.2, 0) is 9.53 Å². The van der Waals surface area contributed by atoms with E-state index in [0.29, 0.717) is 19.4 Å². The standard InChI is InChI=1S/C16H32O4/c1-5-9-10-16(19,7-3)12-13(6-2)14(17)11-15(18)20-8-4/h13-14,17,19H,5-12H2,1-4H3/t13-,14-,16-/m0/s1. The molecule has 0 saturated heterocycles. The predicted octanol–water partition coefficient (Wildman–Crippen LogP) is 3.05. The Kier molecular flexibility index (Phi) is 9.86. The first-order valence-electron chi connectivity index (χ1n) is 7.98. The summed E-state index contributed by atoms with van der Waals surface area (Å²) in [5.41, 5.74) is -0.730. The van der Waals surface area contributed by atoms with Crippen molar-refractivity contribution in [2.24, 2.45) is 5.92 Å². The van der Waals surface area contributed by atoms with Crippen LogP contribution in [0.3, 0.4) is 0 Å². The van der Waals surface area contributed by atoms with Gasteiger partial charge < -0.3 is 14.9 Å². The molecular formula is C16H32O4. The summed E-state index contributed by atoms with van der Waals surface area (Å²) >= 11 is 0. The number of carbonyl (C=O) groups excluding carboxylic acids is 1. The fourth-order valence-corrected chi connectivity index (χ4v) is 2.53. The van der Waals surface area contributed by atoms with Crippen molar-refractivity contribution in [3.05, 3.63) is 0 Å². The zero-order chi connectivity index (χ0) is 15.6. The summed E-state index contributed by atoms with van der Waals surface area (Å²) in [5, 5.41) is 20.8. The van der Waals surface area contributed by atoms with Gasteiger partial charge >= 0.3 is 5.97 Å². The van der Waals surface area contributed by atoms with E-state index in [4.69, 9.17) is 4.74 Å². The van der Waals surface area contributed by atoms with E-state index in [1.54, 1.807) is 6.92 Å². The number of aliphatic hydroxyl groups is 2. The van der Waals surface area contributed by atoms with E-state index in [1.807, 2.05) is 13.8 Å². The monoisotopic (exact) mass is 288 g/mol. The quantitative estimate of drug-likeness (QED) is 0.573. The lowest BCUT2D eigenvalue weighted by atomic mass is 9.80. The van der Waals surface area contributed by atoms with Gasteiger partial charge in [-0.05, 0) is 32.1 Å². The lowest BCUT2D eigenvalue weighted by molar-refractivity contribution is -0.146. The van der Waals surface area contributed by atoms with Gasteiger partial charge in [0.15, 0.2) is 0 Å². The molecule has 0 aliphatic heterocycles. The lowest BCUT2D eigenvalue weighted by Gasteiger charge is -2.33. The molecule has 120 valence electrons. The molecule has 0 amide bonds. The largest absolute Gasteiger partial charge is 0.466 e. The van der Waals surface area contributed by atoms with Crippen molar-refractivity contribution in [3.63, 3.8) is 0 Å². The molecular weight excluding hydrogens is 256 g/mol. The molecule has 20 heavy (non-hydrogen) atoms. The van der Waals surface area contributed by atoms with Crippen molar-refractivity contribution in [2.75, 3.05) is 6.61 Å². The van der Waals surface area contributed by atoms with Crippen LogP contribution in [0.1, 0.15) is 72.6 Å². The number of carbonyl (C=O) groups is 1. The molecule has 0 aromatic heterocycles. The van der Waals surface area contributed by atoms with Gasteiger partial charge in [-0.3, -0.25) is 4.79 Å². The fourth-order valence-electron chi connectivity index (χ4n) is 2.53. The Balaban J connectivity index is 4.52. The highest BCUT2D eigenvalue weighted by molar-refractivity contribution is 5.69. The van der Waals surface area contributed by atoms with E-state index in [1.165, 1.54) is 0 Å². The molecule has 4 heteroatoms. The highest BCUT2D eigenvalue weighted by Crippen LogP contribution is 2.30. The van der Waals surface area contributed by atoms with Crippen molar-refractivity contribution < 1.29 is 19.7 Å². The summed E-state index contributed by atoms with van der Waals surface area (Å²) in [7, 11) is 0. The third kappa shape index (κ3) is 7.25. The smallest absolute Gasteiger partial charge is 0.308 e. The molecule has 2 N–H and O–H groups in total. The Hall–Kier alpha value is -0.610. The predicted molar refractivity (Wildman–Crippen MR) is 80.4 cm³/mol. The molecule has 4 nitrogen and oxygen atoms in total. The van der Waals surface area contributed by atoms with Crippen molar-refractivity contribution in [1.29, 1.82) is 0 Å². The van der Waals surface area contributed by atoms with E-state index in [0.717, 1.165) is 25.7 Å². The van der Waals surface area contributed by atoms with Crippen LogP contribution < -0.4 is 0 Å². The molecule has 3 atom stereocenters. The van der Waals surface area contributed by atoms with Gasteiger partial charge in [0.2, 0.25) is 0 Å². The van der Waals surface area contributed by atoms with Gasteiger partial charge in [0.05, 0.1) is 24.7 Å². The molecule has 0 saturated carbocycles. The minimum atomic E-state index is -0.737. The highest BCUT2D eigenvalue weighted by atomic mass is 16.5. The Bertz CT molecular complexity index is 267. The molecule has 0 aliphatic carbocycles. The zero-order valence-electron chi connectivity index (χ0n) is 13.5. The molecule has 0 rings (SSSR count). The van der Waals surface area contributed by atoms with Crippen molar-refractivity contribution in [1.82, 2.24) is 0 Å². The number of hydrogen-bond donors (Lipinski definition) is 2. The second kappa shape index (κ2) is 10.2. The average Bonchev–Trinajstić information content (AvgIpc) is 2.42. The molecule has 0 spiro atoms. The van der Waals surface area contributed by atoms with Crippen LogP contribution in [0.5, 0.6) is 0 Å². The Labute approximate surface area is 123 Å². The van der Waals surface area contributed by atoms with Crippen LogP contribution in [-0.4, -0.2) is 34.5 Å². The summed E-state index contributed by atoms with van der Waals surface area (Å²) < 4.78 is 4.87. The van der Waals surface area contributed by atoms with Crippen molar-refractivity contribution in [3.8, 4) is 0 Å². The van der Waals surface area contributed by atoms with Crippen molar-refractivity contribution in [2.45, 2.75) is 84.3 Å². The van der Waals surface area contributed by atoms with Crippen LogP contribution in [0.2, 0.25) is 0 Å². The number of esters is 1. The zero-order valence-corrected chi connectivity index (χ0v) is 13.5. The average molecular weight is 288 g/mol. The van der Waals surface area contributed by atoms with Crippen LogP contribution >= 0.6 is 0 Å². The topological polar surface area (TPSA) is 66.8 Å². The minimum absolute atomic E-state index is 0.0138. The van der Waals surface area contributed by atoms with Crippen LogP contribution in [0.25, 0.3) is 0 Å². The normalized spacial score (nSPS) is 17.3. The van der Waals surface area contributed by atoms with E-state index in [9.17, 15) is 15.0 Å². The first-order valence-corrected chi connectivity index (χ1v) is 7.98. The Morgan fingerprint density at radius 3 is 2.35 bits per heavy atom. The first kappa shape index (κ1) is 19.4. The van der Waals surface area contributed by atoms with E-state index < -0.39 is 11.7 Å². The van der Waals surface area contributed by atoms with E-state index in [-0.39, 0.29) is 18.3 Å². The molecule has 0 aromatic carbocycles. The maximum absolute atomic E-state index is 11.4. The van der Waals surface area contributed by atoms with Crippen LogP contribution in [0.4, 0.5) is 0 Å². The Morgan fingerprint density at radius 1 is 1.25 bits per heavy atom. The van der Waals surface area contributed by atoms with Crippen LogP contribution in [0.15, 0.2) is 0 Å². The molecule has 0 fully saturated rings. The number of unbranched alkanes of at least 4 members (excludes halogenated alkanes) is 1. The Morgan fingerprint density at radius 2 is 1.90 bits per heavy atom. The number of rotatable bonds is 11. The van der Waals surface area contributed by atoms with Gasteiger partial charge in [0.25, 0.3) is 0 Å². The molecule has 0 bridgehead atoms. The van der Waals surface area contributed by atoms with Crippen molar-refractivity contribution >= 4 is 5.97 Å². The number of aliphatic hydroxyl groups excluding tert-OH is 1. The first-order chi connectivity index (χ1) is 9.42. The highest BCUT2D eigenvalue weighted by Gasteiger charge is 2.31. The van der Waals surface area contributed by atoms with E-state index >= 15 is 0 Å². The molecule has 0 unspecified atom stereocenters. The second-order valence-electron chi connectivity index (χ2n) is 5.63. The van der Waals surface area contributed by atoms with Gasteiger partial charge in [-0.25, -0.2) is 0 Å². The number of ether oxygens (including phenoxy) is 1. The summed E-state index contributed by atoms with van der Waals surface area (Å²) in [4.78, 5) is 11.4. The molecule has 0 aliphatic rings. The van der Waals surface area contributed by atoms with Crippen LogP contribution in [0, 0.1) is 5.92 Å². The summed E-state index contributed by atoms with van der Waals surface area (Å²) in [6, 6.07) is 0. The maximum Gasteiger partial charge on any atom is 0.308 e. The van der Waals surface area contributed by atoms with Gasteiger partial charge in [-0.1, -0.05) is 40.0 Å². The SMILES string of the molecule is CCCC[C@@](O)(CC)C[C@H](CC)[C@@H](O)CC(=O)OCC. The maximum atomic E-state index is 11.4. The summed E-state index contributed by atoms with van der Waals surface area (Å²) in [6.45, 7) is 8.14. The van der Waals surface area contributed by atoms with E-state index in [2.05, 4.69) is 6.92 Å². The number of hydrogen-bond acceptors (Lipinski definition) is 4. The molecule has 0 radical (unpaired) electrons. The van der Waals surface area contributed by atoms with Gasteiger partial charge in [0, 0.05) is 0 Å². The second-order valence-corrected chi connectivity index (χ2v) is 5.63. The minimum Gasteiger partial charge on any atom is -0.466 e. The van der Waals surface area contributed by atoms with Gasteiger partial charge in [0.1, 0.15) is 0 Å². The fraction of sp³-hybridized carbons (Fsp3) is 0.938. The lowest BCUT2D eigenvalue weighted by Crippen LogP contribution is -2.35. The summed E-state index contributed by atoms with van der Waals surface area (Å²) in [5.74, 6) is -0.437. The molecule has 0 heterocycles. The summed E-state index contributed by atoms with van der Waals surface area (Å²) in [6.07, 6.45) is 4.02. The van der Waals surface area contributed by atoms with Gasteiger partial charge in [-0.2, -0.15) is 0 Å². The van der Waals surface area contributed by atoms with Gasteiger partial charge in [-0.15, -0.1) is 0 Å².